The molecule has 0 aliphatic carbocycles. The van der Waals surface area contributed by atoms with E-state index in [2.05, 4.69) is 9.97 Å². The van der Waals surface area contributed by atoms with Gasteiger partial charge in [-0.2, -0.15) is 0 Å². The Morgan fingerprint density at radius 3 is 2.62 bits per heavy atom. The summed E-state index contributed by atoms with van der Waals surface area (Å²) in [5.41, 5.74) is 1.56. The molecule has 0 saturated heterocycles. The van der Waals surface area contributed by atoms with Gasteiger partial charge in [0.1, 0.15) is 11.6 Å². The number of H-pyrrole nitrogens is 1. The summed E-state index contributed by atoms with van der Waals surface area (Å²) in [6.07, 6.45) is 0.727. The number of ether oxygens (including phenoxy) is 1. The normalized spacial score (nSPS) is 10.8. The molecule has 1 aromatic heterocycles. The van der Waals surface area contributed by atoms with Gasteiger partial charge in [-0.3, -0.25) is 4.79 Å². The lowest BCUT2D eigenvalue weighted by atomic mass is 10.0. The highest BCUT2D eigenvalue weighted by Gasteiger charge is 2.10. The topological polar surface area (TPSA) is 55.0 Å². The van der Waals surface area contributed by atoms with Crippen molar-refractivity contribution in [3.05, 3.63) is 58.5 Å². The molecular formula is C17H16N2O2. The third-order valence-electron chi connectivity index (χ3n) is 3.52. The lowest BCUT2D eigenvalue weighted by Crippen LogP contribution is -2.10. The van der Waals surface area contributed by atoms with Gasteiger partial charge in [0.25, 0.3) is 5.56 Å². The molecule has 0 bridgehead atoms. The highest BCUT2D eigenvalue weighted by molar-refractivity contribution is 5.98. The maximum atomic E-state index is 11.8. The Balaban J connectivity index is 2.31. The number of fused-ring (bicyclic) bond motifs is 1. The first kappa shape index (κ1) is 13.4. The Morgan fingerprint density at radius 2 is 1.90 bits per heavy atom. The molecule has 0 atom stereocenters. The van der Waals surface area contributed by atoms with Gasteiger partial charge in [0, 0.05) is 22.7 Å². The fourth-order valence-electron chi connectivity index (χ4n) is 2.47. The van der Waals surface area contributed by atoms with Gasteiger partial charge in [0.15, 0.2) is 0 Å². The van der Waals surface area contributed by atoms with Crippen molar-refractivity contribution in [2.45, 2.75) is 13.3 Å². The Kier molecular flexibility index (Phi) is 3.44. The maximum absolute atomic E-state index is 11.8. The van der Waals surface area contributed by atoms with Crippen LogP contribution in [0.2, 0.25) is 0 Å². The first-order valence-corrected chi connectivity index (χ1v) is 6.89. The second-order valence-corrected chi connectivity index (χ2v) is 4.80. The molecule has 4 heteroatoms. The predicted molar refractivity (Wildman–Crippen MR) is 83.7 cm³/mol. The van der Waals surface area contributed by atoms with Gasteiger partial charge < -0.3 is 9.72 Å². The summed E-state index contributed by atoms with van der Waals surface area (Å²) in [4.78, 5) is 19.1. The van der Waals surface area contributed by atoms with Crippen molar-refractivity contribution < 1.29 is 4.74 Å². The predicted octanol–water partition coefficient (Wildman–Crippen LogP) is 3.16. The fourth-order valence-corrected chi connectivity index (χ4v) is 2.47. The van der Waals surface area contributed by atoms with E-state index in [0.29, 0.717) is 5.82 Å². The number of benzene rings is 2. The molecule has 0 radical (unpaired) electrons. The van der Waals surface area contributed by atoms with Crippen LogP contribution in [0.4, 0.5) is 0 Å². The van der Waals surface area contributed by atoms with Crippen LogP contribution in [0.25, 0.3) is 22.2 Å². The summed E-state index contributed by atoms with van der Waals surface area (Å²) in [5, 5.41) is 2.01. The first-order chi connectivity index (χ1) is 10.2. The van der Waals surface area contributed by atoms with Crippen molar-refractivity contribution >= 4 is 10.8 Å². The minimum atomic E-state index is -0.128. The van der Waals surface area contributed by atoms with E-state index in [1.165, 1.54) is 6.07 Å². The van der Waals surface area contributed by atoms with Crippen LogP contribution in [-0.2, 0) is 6.42 Å². The molecule has 0 spiro atoms. The van der Waals surface area contributed by atoms with Crippen LogP contribution >= 0.6 is 0 Å². The molecule has 4 nitrogen and oxygen atoms in total. The Bertz CT molecular complexity index is 853. The first-order valence-electron chi connectivity index (χ1n) is 6.89. The number of nitrogens with one attached hydrogen (secondary N) is 1. The summed E-state index contributed by atoms with van der Waals surface area (Å²) in [7, 11) is 1.65. The molecule has 1 N–H and O–H groups in total. The maximum Gasteiger partial charge on any atom is 0.251 e. The zero-order valence-electron chi connectivity index (χ0n) is 12.0. The third kappa shape index (κ3) is 2.40. The molecule has 0 fully saturated rings. The molecule has 2 aromatic carbocycles. The van der Waals surface area contributed by atoms with Crippen molar-refractivity contribution in [1.82, 2.24) is 9.97 Å². The standard InChI is InChI=1S/C17H16N2O2/c1-3-11-10-16(20)19-17(18-11)14-8-9-15(21-2)13-7-5-4-6-12(13)14/h4-10H,3H2,1-2H3,(H,18,19,20). The second kappa shape index (κ2) is 5.40. The number of methoxy groups -OCH3 is 1. The zero-order chi connectivity index (χ0) is 14.8. The van der Waals surface area contributed by atoms with E-state index in [0.717, 1.165) is 34.2 Å². The average Bonchev–Trinajstić information content (AvgIpc) is 2.53. The summed E-state index contributed by atoms with van der Waals surface area (Å²) >= 11 is 0. The minimum absolute atomic E-state index is 0.128. The van der Waals surface area contributed by atoms with E-state index >= 15 is 0 Å². The van der Waals surface area contributed by atoms with Crippen molar-refractivity contribution in [3.8, 4) is 17.1 Å². The Hall–Kier alpha value is -2.62. The van der Waals surface area contributed by atoms with Crippen LogP contribution < -0.4 is 10.3 Å². The molecule has 3 aromatic rings. The number of hydrogen-bond donors (Lipinski definition) is 1. The molecule has 0 aliphatic heterocycles. The van der Waals surface area contributed by atoms with Crippen LogP contribution in [0.3, 0.4) is 0 Å². The van der Waals surface area contributed by atoms with Gasteiger partial charge in [-0.15, -0.1) is 0 Å². The van der Waals surface area contributed by atoms with Gasteiger partial charge in [0.2, 0.25) is 0 Å². The van der Waals surface area contributed by atoms with Gasteiger partial charge in [-0.1, -0.05) is 31.2 Å². The number of rotatable bonds is 3. The number of nitrogens with zero attached hydrogens (tertiary/aromatic N) is 1. The van der Waals surface area contributed by atoms with Crippen molar-refractivity contribution in [2.75, 3.05) is 7.11 Å². The molecule has 0 amide bonds. The van der Waals surface area contributed by atoms with Crippen molar-refractivity contribution in [3.63, 3.8) is 0 Å². The quantitative estimate of drug-likeness (QED) is 0.801. The number of hydrogen-bond acceptors (Lipinski definition) is 3. The third-order valence-corrected chi connectivity index (χ3v) is 3.52. The van der Waals surface area contributed by atoms with Gasteiger partial charge in [-0.05, 0) is 23.9 Å². The number of aromatic amines is 1. The largest absolute Gasteiger partial charge is 0.496 e. The van der Waals surface area contributed by atoms with Gasteiger partial charge >= 0.3 is 0 Å². The highest BCUT2D eigenvalue weighted by atomic mass is 16.5. The monoisotopic (exact) mass is 280 g/mol. The van der Waals surface area contributed by atoms with Crippen LogP contribution in [0.15, 0.2) is 47.3 Å². The molecule has 1 heterocycles. The van der Waals surface area contributed by atoms with Gasteiger partial charge in [0.05, 0.1) is 7.11 Å². The zero-order valence-corrected chi connectivity index (χ0v) is 12.0. The highest BCUT2D eigenvalue weighted by Crippen LogP contribution is 2.32. The van der Waals surface area contributed by atoms with Crippen molar-refractivity contribution in [1.29, 1.82) is 0 Å². The van der Waals surface area contributed by atoms with E-state index in [-0.39, 0.29) is 5.56 Å². The molecular weight excluding hydrogens is 264 g/mol. The van der Waals surface area contributed by atoms with E-state index in [9.17, 15) is 4.79 Å². The molecule has 21 heavy (non-hydrogen) atoms. The molecule has 3 rings (SSSR count). The Labute approximate surface area is 122 Å². The molecule has 0 saturated carbocycles. The Morgan fingerprint density at radius 1 is 1.14 bits per heavy atom. The SMILES string of the molecule is CCc1cc(=O)[nH]c(-c2ccc(OC)c3ccccc23)n1. The molecule has 106 valence electrons. The minimum Gasteiger partial charge on any atom is -0.496 e. The van der Waals surface area contributed by atoms with Crippen LogP contribution in [0.5, 0.6) is 5.75 Å². The lowest BCUT2D eigenvalue weighted by molar-refractivity contribution is 0.420. The van der Waals surface area contributed by atoms with Crippen LogP contribution in [0.1, 0.15) is 12.6 Å². The fraction of sp³-hybridized carbons (Fsp3) is 0.176. The van der Waals surface area contributed by atoms with E-state index < -0.39 is 0 Å². The molecule has 0 aliphatic rings. The summed E-state index contributed by atoms with van der Waals surface area (Å²) in [5.74, 6) is 1.40. The van der Waals surface area contributed by atoms with Crippen LogP contribution in [-0.4, -0.2) is 17.1 Å². The summed E-state index contributed by atoms with van der Waals surface area (Å²) in [6.45, 7) is 1.98. The van der Waals surface area contributed by atoms with E-state index in [4.69, 9.17) is 4.74 Å². The van der Waals surface area contributed by atoms with E-state index in [1.54, 1.807) is 7.11 Å². The smallest absolute Gasteiger partial charge is 0.251 e. The lowest BCUT2D eigenvalue weighted by Gasteiger charge is -2.10. The van der Waals surface area contributed by atoms with Crippen LogP contribution in [0, 0.1) is 0 Å². The summed E-state index contributed by atoms with van der Waals surface area (Å²) < 4.78 is 5.39. The number of aromatic nitrogens is 2. The number of aryl methyl sites for hydroxylation is 1. The molecule has 0 unspecified atom stereocenters. The van der Waals surface area contributed by atoms with Gasteiger partial charge in [-0.25, -0.2) is 4.98 Å². The average molecular weight is 280 g/mol. The van der Waals surface area contributed by atoms with Crippen molar-refractivity contribution in [2.24, 2.45) is 0 Å². The van der Waals surface area contributed by atoms with E-state index in [1.807, 2.05) is 43.3 Å². The second-order valence-electron chi connectivity index (χ2n) is 4.80. The summed E-state index contributed by atoms with van der Waals surface area (Å²) in [6, 6.07) is 13.3.